The zero-order valence-electron chi connectivity index (χ0n) is 14.7. The van der Waals surface area contributed by atoms with E-state index >= 15 is 0 Å². The van der Waals surface area contributed by atoms with E-state index in [1.54, 1.807) is 24.3 Å². The van der Waals surface area contributed by atoms with Crippen LogP contribution in [0.1, 0.15) is 39.7 Å². The highest BCUT2D eigenvalue weighted by Crippen LogP contribution is 2.39. The molecule has 5 nitrogen and oxygen atoms in total. The summed E-state index contributed by atoms with van der Waals surface area (Å²) in [4.78, 5) is 25.6. The summed E-state index contributed by atoms with van der Waals surface area (Å²) in [6.45, 7) is 2.16. The topological polar surface area (TPSA) is 96.0 Å². The fourth-order valence-corrected chi connectivity index (χ4v) is 4.68. The van der Waals surface area contributed by atoms with Crippen molar-refractivity contribution in [2.45, 2.75) is 26.2 Å². The molecule has 0 bridgehead atoms. The molecule has 1 aromatic carbocycles. The van der Waals surface area contributed by atoms with Crippen LogP contribution in [0.5, 0.6) is 0 Å². The van der Waals surface area contributed by atoms with E-state index < -0.39 is 11.8 Å². The van der Waals surface area contributed by atoms with Gasteiger partial charge in [-0.15, -0.1) is 11.3 Å². The van der Waals surface area contributed by atoms with Gasteiger partial charge in [0.1, 0.15) is 16.6 Å². The molecule has 1 aliphatic rings. The number of nitrogens with one attached hydrogen (secondary N) is 1. The molecule has 0 saturated heterocycles. The van der Waals surface area contributed by atoms with Gasteiger partial charge < -0.3 is 11.1 Å². The third-order valence-corrected chi connectivity index (χ3v) is 5.95. The highest BCUT2D eigenvalue weighted by atomic mass is 35.5. The van der Waals surface area contributed by atoms with Gasteiger partial charge >= 0.3 is 0 Å². The lowest BCUT2D eigenvalue weighted by atomic mass is 9.88. The molecular weight excluding hydrogens is 382 g/mol. The van der Waals surface area contributed by atoms with Crippen LogP contribution in [0, 0.1) is 17.2 Å². The van der Waals surface area contributed by atoms with E-state index in [1.807, 2.05) is 6.07 Å². The zero-order valence-corrected chi connectivity index (χ0v) is 16.3. The molecule has 1 heterocycles. The summed E-state index contributed by atoms with van der Waals surface area (Å²) in [6, 6.07) is 8.70. The number of hydrogen-bond donors (Lipinski definition) is 2. The Morgan fingerprint density at radius 2 is 2.07 bits per heavy atom. The van der Waals surface area contributed by atoms with E-state index in [0.717, 1.165) is 29.7 Å². The summed E-state index contributed by atoms with van der Waals surface area (Å²) in [5.41, 5.74) is 7.49. The normalized spacial score (nSPS) is 16.3. The quantitative estimate of drug-likeness (QED) is 0.596. The number of amides is 2. The van der Waals surface area contributed by atoms with Crippen LogP contribution < -0.4 is 11.1 Å². The smallest absolute Gasteiger partial charge is 0.266 e. The molecule has 1 aromatic heterocycles. The molecule has 0 fully saturated rings. The number of fused-ring (bicyclic) bond motifs is 1. The molecule has 7 heteroatoms. The zero-order chi connectivity index (χ0) is 19.6. The number of nitrogens with two attached hydrogens (primary N) is 1. The minimum atomic E-state index is -0.568. The Morgan fingerprint density at radius 1 is 1.37 bits per heavy atom. The first-order valence-corrected chi connectivity index (χ1v) is 9.71. The lowest BCUT2D eigenvalue weighted by molar-refractivity contribution is -0.112. The number of hydrogen-bond acceptors (Lipinski definition) is 4. The second-order valence-electron chi connectivity index (χ2n) is 6.60. The Hall–Kier alpha value is -2.62. The lowest BCUT2D eigenvalue weighted by Gasteiger charge is -2.18. The largest absolute Gasteiger partial charge is 0.365 e. The van der Waals surface area contributed by atoms with Crippen LogP contribution in [0.2, 0.25) is 5.02 Å². The fraction of sp³-hybridized carbons (Fsp3) is 0.250. The van der Waals surface area contributed by atoms with Crippen LogP contribution >= 0.6 is 22.9 Å². The van der Waals surface area contributed by atoms with E-state index in [9.17, 15) is 14.9 Å². The summed E-state index contributed by atoms with van der Waals surface area (Å²) in [7, 11) is 0. The number of rotatable bonds is 4. The molecule has 3 rings (SSSR count). The second-order valence-corrected chi connectivity index (χ2v) is 8.14. The number of carbonyl (C=O) groups excluding carboxylic acids is 2. The van der Waals surface area contributed by atoms with Crippen LogP contribution in [-0.2, 0) is 17.6 Å². The van der Waals surface area contributed by atoms with Gasteiger partial charge in [-0.2, -0.15) is 5.26 Å². The number of benzene rings is 1. The summed E-state index contributed by atoms with van der Waals surface area (Å²) < 4.78 is 0. The Kier molecular flexibility index (Phi) is 5.64. The van der Waals surface area contributed by atoms with Crippen molar-refractivity contribution in [1.29, 1.82) is 5.26 Å². The number of carbonyl (C=O) groups is 2. The van der Waals surface area contributed by atoms with E-state index in [-0.39, 0.29) is 5.57 Å². The summed E-state index contributed by atoms with van der Waals surface area (Å²) in [5, 5.41) is 13.1. The number of nitrogens with zero attached hydrogens (tertiary/aromatic N) is 1. The minimum Gasteiger partial charge on any atom is -0.365 e. The highest BCUT2D eigenvalue weighted by molar-refractivity contribution is 7.17. The molecule has 138 valence electrons. The van der Waals surface area contributed by atoms with Crippen LogP contribution in [0.25, 0.3) is 6.08 Å². The maximum Gasteiger partial charge on any atom is 0.266 e. The van der Waals surface area contributed by atoms with Gasteiger partial charge in [-0.25, -0.2) is 0 Å². The van der Waals surface area contributed by atoms with Gasteiger partial charge in [0.2, 0.25) is 0 Å². The van der Waals surface area contributed by atoms with Crippen molar-refractivity contribution in [3.05, 3.63) is 56.4 Å². The molecule has 3 N–H and O–H groups in total. The monoisotopic (exact) mass is 399 g/mol. The molecule has 0 spiro atoms. The average molecular weight is 400 g/mol. The molecule has 27 heavy (non-hydrogen) atoms. The van der Waals surface area contributed by atoms with Crippen molar-refractivity contribution >= 4 is 45.8 Å². The van der Waals surface area contributed by atoms with E-state index in [4.69, 9.17) is 17.3 Å². The molecule has 0 unspecified atom stereocenters. The number of nitriles is 1. The first-order valence-electron chi connectivity index (χ1n) is 8.52. The maximum atomic E-state index is 12.6. The average Bonchev–Trinajstić information content (AvgIpc) is 2.98. The molecule has 0 aliphatic heterocycles. The Morgan fingerprint density at radius 3 is 2.70 bits per heavy atom. The number of halogens is 1. The van der Waals surface area contributed by atoms with Crippen LogP contribution in [0.4, 0.5) is 5.00 Å². The molecule has 2 amide bonds. The molecule has 2 aromatic rings. The summed E-state index contributed by atoms with van der Waals surface area (Å²) in [5.74, 6) is -0.598. The lowest BCUT2D eigenvalue weighted by Crippen LogP contribution is -2.19. The summed E-state index contributed by atoms with van der Waals surface area (Å²) >= 11 is 7.22. The predicted molar refractivity (Wildman–Crippen MR) is 108 cm³/mol. The predicted octanol–water partition coefficient (Wildman–Crippen LogP) is 4.17. The first kappa shape index (κ1) is 19.2. The van der Waals surface area contributed by atoms with Crippen LogP contribution in [0.3, 0.4) is 0 Å². The van der Waals surface area contributed by atoms with Gasteiger partial charge in [-0.05, 0) is 54.5 Å². The van der Waals surface area contributed by atoms with Gasteiger partial charge in [0.05, 0.1) is 5.56 Å². The van der Waals surface area contributed by atoms with Gasteiger partial charge in [-0.1, -0.05) is 30.7 Å². The number of primary amides is 1. The standard InChI is InChI=1S/C20H18ClN3O2S/c1-11-2-7-15-16(8-11)27-20(17(15)18(23)25)24-19(26)13(10-22)9-12-3-5-14(21)6-4-12/h3-6,9,11H,2,7-8H2,1H3,(H2,23,25)(H,24,26)/b13-9+/t11-/m0/s1. The maximum absolute atomic E-state index is 12.6. The molecule has 1 aliphatic carbocycles. The van der Waals surface area contributed by atoms with Crippen molar-refractivity contribution in [3.63, 3.8) is 0 Å². The minimum absolute atomic E-state index is 0.0625. The van der Waals surface area contributed by atoms with Gasteiger partial charge in [0.15, 0.2) is 0 Å². The number of thiophene rings is 1. The molecule has 1 atom stereocenters. The summed E-state index contributed by atoms with van der Waals surface area (Å²) in [6.07, 6.45) is 4.09. The molecule has 0 radical (unpaired) electrons. The van der Waals surface area contributed by atoms with Crippen molar-refractivity contribution < 1.29 is 9.59 Å². The first-order chi connectivity index (χ1) is 12.9. The SMILES string of the molecule is C[C@H]1CCc2c(sc(NC(=O)/C(C#N)=C/c3ccc(Cl)cc3)c2C(N)=O)C1. The van der Waals surface area contributed by atoms with Gasteiger partial charge in [0.25, 0.3) is 11.8 Å². The van der Waals surface area contributed by atoms with Crippen molar-refractivity contribution in [1.82, 2.24) is 0 Å². The van der Waals surface area contributed by atoms with Crippen molar-refractivity contribution in [3.8, 4) is 6.07 Å². The molecular formula is C20H18ClN3O2S. The Labute approximate surface area is 166 Å². The van der Waals surface area contributed by atoms with E-state index in [0.29, 0.717) is 27.1 Å². The third-order valence-electron chi connectivity index (χ3n) is 4.53. The molecule has 0 saturated carbocycles. The Bertz CT molecular complexity index is 970. The third kappa shape index (κ3) is 4.21. The van der Waals surface area contributed by atoms with Crippen LogP contribution in [-0.4, -0.2) is 11.8 Å². The van der Waals surface area contributed by atoms with Crippen LogP contribution in [0.15, 0.2) is 29.8 Å². The second kappa shape index (κ2) is 7.95. The van der Waals surface area contributed by atoms with Gasteiger partial charge in [0, 0.05) is 9.90 Å². The highest BCUT2D eigenvalue weighted by Gasteiger charge is 2.27. The number of anilines is 1. The van der Waals surface area contributed by atoms with Crippen molar-refractivity contribution in [2.75, 3.05) is 5.32 Å². The van der Waals surface area contributed by atoms with Crippen molar-refractivity contribution in [2.24, 2.45) is 11.7 Å². The van der Waals surface area contributed by atoms with Gasteiger partial charge in [-0.3, -0.25) is 9.59 Å². The van der Waals surface area contributed by atoms with E-state index in [2.05, 4.69) is 12.2 Å². The fourth-order valence-electron chi connectivity index (χ4n) is 3.14. The Balaban J connectivity index is 1.90. The van der Waals surface area contributed by atoms with E-state index in [1.165, 1.54) is 17.4 Å².